The molecule has 0 unspecified atom stereocenters. The molecule has 0 saturated carbocycles. The summed E-state index contributed by atoms with van der Waals surface area (Å²) in [6, 6.07) is 3.80. The fourth-order valence-corrected chi connectivity index (χ4v) is 4.20. The van der Waals surface area contributed by atoms with E-state index in [0.717, 1.165) is 12.8 Å². The lowest BCUT2D eigenvalue weighted by molar-refractivity contribution is 0.160. The molecule has 5 nitrogen and oxygen atoms in total. The summed E-state index contributed by atoms with van der Waals surface area (Å²) in [4.78, 5) is 2.02. The maximum atomic E-state index is 14.1. The second-order valence-corrected chi connectivity index (χ2v) is 8.72. The lowest BCUT2D eigenvalue weighted by atomic mass is 9.79. The quantitative estimate of drug-likeness (QED) is 0.771. The zero-order chi connectivity index (χ0) is 20.9. The third kappa shape index (κ3) is 3.92. The van der Waals surface area contributed by atoms with Crippen LogP contribution < -0.4 is 10.2 Å². The fraction of sp³-hybridized carbons (Fsp3) is 0.500. The molecule has 1 aliphatic heterocycles. The predicted molar refractivity (Wildman–Crippen MR) is 102 cm³/mol. The van der Waals surface area contributed by atoms with Crippen molar-refractivity contribution in [3.8, 4) is 17.0 Å². The van der Waals surface area contributed by atoms with E-state index in [0.29, 0.717) is 11.9 Å². The Labute approximate surface area is 162 Å². The summed E-state index contributed by atoms with van der Waals surface area (Å²) < 4.78 is 40.8. The normalized spacial score (nSPS) is 18.9. The highest BCUT2D eigenvalue weighted by atomic mass is 19.2. The Morgan fingerprint density at radius 2 is 1.64 bits per heavy atom. The number of phenols is 1. The maximum absolute atomic E-state index is 14.1. The smallest absolute Gasteiger partial charge is 0.195 e. The number of aromatic hydroxyl groups is 1. The number of halogens is 3. The molecule has 2 aromatic rings. The zero-order valence-corrected chi connectivity index (χ0v) is 16.6. The van der Waals surface area contributed by atoms with Crippen LogP contribution in [0.15, 0.2) is 18.2 Å². The molecular formula is C20H25F3N4O. The van der Waals surface area contributed by atoms with Crippen LogP contribution in [0.1, 0.15) is 40.5 Å². The Kier molecular flexibility index (Phi) is 5.04. The molecule has 2 heterocycles. The van der Waals surface area contributed by atoms with Gasteiger partial charge in [0.25, 0.3) is 0 Å². The van der Waals surface area contributed by atoms with Crippen molar-refractivity contribution in [3.05, 3.63) is 35.7 Å². The van der Waals surface area contributed by atoms with Gasteiger partial charge >= 0.3 is 0 Å². The van der Waals surface area contributed by atoms with Gasteiger partial charge in [-0.25, -0.2) is 13.2 Å². The number of hydrogen-bond acceptors (Lipinski definition) is 5. The summed E-state index contributed by atoms with van der Waals surface area (Å²) in [7, 11) is 1.92. The fourth-order valence-electron chi connectivity index (χ4n) is 4.20. The molecule has 1 aromatic heterocycles. The third-order valence-corrected chi connectivity index (χ3v) is 5.13. The van der Waals surface area contributed by atoms with Gasteiger partial charge in [-0.2, -0.15) is 0 Å². The zero-order valence-electron chi connectivity index (χ0n) is 16.6. The van der Waals surface area contributed by atoms with Crippen LogP contribution in [0.25, 0.3) is 11.3 Å². The van der Waals surface area contributed by atoms with Crippen molar-refractivity contribution in [1.82, 2.24) is 15.5 Å². The molecule has 152 valence electrons. The molecule has 8 heteroatoms. The largest absolute Gasteiger partial charge is 0.507 e. The minimum atomic E-state index is -1.66. The summed E-state index contributed by atoms with van der Waals surface area (Å²) in [6.07, 6.45) is 1.80. The van der Waals surface area contributed by atoms with Crippen LogP contribution in [-0.2, 0) is 0 Å². The van der Waals surface area contributed by atoms with Gasteiger partial charge in [0, 0.05) is 30.2 Å². The number of aromatic nitrogens is 2. The molecule has 1 fully saturated rings. The molecule has 2 N–H and O–H groups in total. The van der Waals surface area contributed by atoms with Crippen LogP contribution in [0.4, 0.5) is 19.0 Å². The van der Waals surface area contributed by atoms with Crippen molar-refractivity contribution in [3.63, 3.8) is 0 Å². The SMILES string of the molecule is CN(c1ccc(-c2c(O)cc(F)c(F)c2F)nn1)C1CC(C)(C)NC(C)(C)C1. The van der Waals surface area contributed by atoms with Gasteiger partial charge in [-0.05, 0) is 52.7 Å². The molecule has 1 saturated heterocycles. The number of rotatable bonds is 3. The highest BCUT2D eigenvalue weighted by molar-refractivity contribution is 5.68. The lowest BCUT2D eigenvalue weighted by Gasteiger charge is -2.49. The van der Waals surface area contributed by atoms with Gasteiger partial charge in [0.15, 0.2) is 23.3 Å². The molecule has 0 radical (unpaired) electrons. The van der Waals surface area contributed by atoms with Crippen molar-refractivity contribution in [2.24, 2.45) is 0 Å². The Morgan fingerprint density at radius 1 is 1.04 bits per heavy atom. The van der Waals surface area contributed by atoms with Crippen molar-refractivity contribution >= 4 is 5.82 Å². The number of anilines is 1. The highest BCUT2D eigenvalue weighted by Crippen LogP contribution is 2.35. The first kappa shape index (κ1) is 20.4. The second kappa shape index (κ2) is 6.92. The van der Waals surface area contributed by atoms with E-state index < -0.39 is 28.8 Å². The van der Waals surface area contributed by atoms with E-state index in [4.69, 9.17) is 0 Å². The van der Waals surface area contributed by atoms with Gasteiger partial charge in [0.2, 0.25) is 0 Å². The van der Waals surface area contributed by atoms with Gasteiger partial charge in [-0.1, -0.05) is 0 Å². The first-order chi connectivity index (χ1) is 12.9. The maximum Gasteiger partial charge on any atom is 0.195 e. The number of hydrogen-bond donors (Lipinski definition) is 2. The molecule has 0 aliphatic carbocycles. The highest BCUT2D eigenvalue weighted by Gasteiger charge is 2.39. The molecule has 0 amide bonds. The molecular weight excluding hydrogens is 369 g/mol. The summed E-state index contributed by atoms with van der Waals surface area (Å²) in [5, 5.41) is 21.5. The third-order valence-electron chi connectivity index (χ3n) is 5.13. The van der Waals surface area contributed by atoms with Crippen molar-refractivity contribution < 1.29 is 18.3 Å². The van der Waals surface area contributed by atoms with E-state index in [9.17, 15) is 18.3 Å². The van der Waals surface area contributed by atoms with Crippen molar-refractivity contribution in [1.29, 1.82) is 0 Å². The number of nitrogens with one attached hydrogen (secondary N) is 1. The first-order valence-corrected chi connectivity index (χ1v) is 9.13. The Bertz CT molecular complexity index is 868. The van der Waals surface area contributed by atoms with Crippen LogP contribution in [0.5, 0.6) is 5.75 Å². The lowest BCUT2D eigenvalue weighted by Crippen LogP contribution is -2.62. The minimum absolute atomic E-state index is 0.0470. The van der Waals surface area contributed by atoms with E-state index in [1.807, 2.05) is 11.9 Å². The topological polar surface area (TPSA) is 61.3 Å². The van der Waals surface area contributed by atoms with E-state index in [1.165, 1.54) is 6.07 Å². The van der Waals surface area contributed by atoms with Gasteiger partial charge < -0.3 is 15.3 Å². The summed E-state index contributed by atoms with van der Waals surface area (Å²) >= 11 is 0. The molecule has 28 heavy (non-hydrogen) atoms. The Morgan fingerprint density at radius 3 is 2.18 bits per heavy atom. The van der Waals surface area contributed by atoms with Crippen LogP contribution in [-0.4, -0.2) is 39.5 Å². The monoisotopic (exact) mass is 394 g/mol. The van der Waals surface area contributed by atoms with Gasteiger partial charge in [0.05, 0.1) is 11.3 Å². The van der Waals surface area contributed by atoms with Crippen LogP contribution in [0.3, 0.4) is 0 Å². The molecule has 3 rings (SSSR count). The molecule has 0 atom stereocenters. The van der Waals surface area contributed by atoms with Crippen molar-refractivity contribution in [2.45, 2.75) is 57.7 Å². The van der Waals surface area contributed by atoms with E-state index in [-0.39, 0.29) is 22.8 Å². The molecule has 1 aromatic carbocycles. The molecule has 0 bridgehead atoms. The first-order valence-electron chi connectivity index (χ1n) is 9.13. The van der Waals surface area contributed by atoms with E-state index in [1.54, 1.807) is 6.07 Å². The standard InChI is InChI=1S/C20H25F3N4O/c1-19(2)9-11(10-20(3,4)26-19)27(5)15-7-6-13(24-25-15)16-14(28)8-12(21)17(22)18(16)23/h6-8,11,26,28H,9-10H2,1-5H3. The van der Waals surface area contributed by atoms with Gasteiger partial charge in [-0.3, -0.25) is 0 Å². The second-order valence-electron chi connectivity index (χ2n) is 8.72. The number of nitrogens with zero attached hydrogens (tertiary/aromatic N) is 3. The van der Waals surface area contributed by atoms with Crippen LogP contribution in [0, 0.1) is 17.5 Å². The van der Waals surface area contributed by atoms with Crippen LogP contribution in [0.2, 0.25) is 0 Å². The van der Waals surface area contributed by atoms with Gasteiger partial charge in [-0.15, -0.1) is 10.2 Å². The Hall–Kier alpha value is -2.35. The summed E-state index contributed by atoms with van der Waals surface area (Å²) in [6.45, 7) is 8.60. The van der Waals surface area contributed by atoms with E-state index >= 15 is 0 Å². The van der Waals surface area contributed by atoms with E-state index in [2.05, 4.69) is 43.2 Å². The average molecular weight is 394 g/mol. The molecule has 0 spiro atoms. The predicted octanol–water partition coefficient (Wildman–Crippen LogP) is 4.01. The number of phenolic OH excluding ortho intramolecular Hbond substituents is 1. The van der Waals surface area contributed by atoms with Crippen molar-refractivity contribution in [2.75, 3.05) is 11.9 Å². The average Bonchev–Trinajstić information content (AvgIpc) is 2.57. The van der Waals surface area contributed by atoms with Gasteiger partial charge in [0.1, 0.15) is 5.75 Å². The summed E-state index contributed by atoms with van der Waals surface area (Å²) in [5.41, 5.74) is -0.676. The Balaban J connectivity index is 1.88. The van der Waals surface area contributed by atoms with Crippen LogP contribution >= 0.6 is 0 Å². The molecule has 1 aliphatic rings. The number of benzene rings is 1. The minimum Gasteiger partial charge on any atom is -0.507 e. The number of piperidine rings is 1. The summed E-state index contributed by atoms with van der Waals surface area (Å²) in [5.74, 6) is -4.76.